The number of guanidine groups is 1. The van der Waals surface area contributed by atoms with Crippen LogP contribution in [0.15, 0.2) is 47.8 Å². The molecule has 1 aliphatic heterocycles. The minimum Gasteiger partial charge on any atom is -0.370 e. The Morgan fingerprint density at radius 1 is 1.04 bits per heavy atom. The number of nitrogens with zero attached hydrogens (tertiary/aromatic N) is 6. The second kappa shape index (κ2) is 8.21. The third-order valence-corrected chi connectivity index (χ3v) is 3.83. The molecule has 0 bridgehead atoms. The van der Waals surface area contributed by atoms with E-state index in [4.69, 9.17) is 5.73 Å². The predicted molar refractivity (Wildman–Crippen MR) is 95.0 cm³/mol. The fraction of sp³-hybridized carbons (Fsp3) is 0.375. The van der Waals surface area contributed by atoms with Gasteiger partial charge in [-0.1, -0.05) is 6.07 Å². The maximum Gasteiger partial charge on any atom is 0.225 e. The molecule has 0 saturated carbocycles. The van der Waals surface area contributed by atoms with E-state index >= 15 is 0 Å². The van der Waals surface area contributed by atoms with Crippen LogP contribution in [0.5, 0.6) is 0 Å². The van der Waals surface area contributed by atoms with E-state index in [-0.39, 0.29) is 0 Å². The number of nitrogens with two attached hydrogens (primary N) is 1. The highest BCUT2D eigenvalue weighted by Gasteiger charge is 2.18. The van der Waals surface area contributed by atoms with Crippen LogP contribution in [0.2, 0.25) is 0 Å². The van der Waals surface area contributed by atoms with Gasteiger partial charge in [0.25, 0.3) is 0 Å². The molecule has 3 rings (SSSR count). The summed E-state index contributed by atoms with van der Waals surface area (Å²) in [5.74, 6) is 1.90. The van der Waals surface area contributed by atoms with E-state index in [1.54, 1.807) is 18.6 Å². The van der Waals surface area contributed by atoms with Gasteiger partial charge in [0, 0.05) is 51.3 Å². The number of anilines is 2. The molecule has 0 amide bonds. The van der Waals surface area contributed by atoms with Crippen molar-refractivity contribution in [2.24, 2.45) is 10.7 Å². The Kier molecular flexibility index (Phi) is 5.52. The highest BCUT2D eigenvalue weighted by Crippen LogP contribution is 2.09. The van der Waals surface area contributed by atoms with Crippen molar-refractivity contribution < 1.29 is 0 Å². The fourth-order valence-corrected chi connectivity index (χ4v) is 2.55. The summed E-state index contributed by atoms with van der Waals surface area (Å²) in [6.07, 6.45) is 5.27. The van der Waals surface area contributed by atoms with E-state index < -0.39 is 0 Å². The molecular weight excluding hydrogens is 304 g/mol. The summed E-state index contributed by atoms with van der Waals surface area (Å²) in [5.41, 5.74) is 5.88. The van der Waals surface area contributed by atoms with Gasteiger partial charge in [-0.2, -0.15) is 0 Å². The Labute approximate surface area is 141 Å². The van der Waals surface area contributed by atoms with Crippen LogP contribution in [0.25, 0.3) is 0 Å². The molecule has 3 N–H and O–H groups in total. The highest BCUT2D eigenvalue weighted by atomic mass is 15.3. The van der Waals surface area contributed by atoms with E-state index in [0.717, 1.165) is 38.7 Å². The summed E-state index contributed by atoms with van der Waals surface area (Å²) in [6.45, 7) is 5.34. The monoisotopic (exact) mass is 326 g/mol. The van der Waals surface area contributed by atoms with E-state index in [0.29, 0.717) is 18.3 Å². The van der Waals surface area contributed by atoms with E-state index in [1.165, 1.54) is 0 Å². The van der Waals surface area contributed by atoms with Gasteiger partial charge in [0.1, 0.15) is 5.82 Å². The number of rotatable bonds is 5. The Balaban J connectivity index is 1.40. The maximum atomic E-state index is 5.88. The van der Waals surface area contributed by atoms with Crippen molar-refractivity contribution in [3.05, 3.63) is 42.9 Å². The second-order valence-electron chi connectivity index (χ2n) is 5.48. The van der Waals surface area contributed by atoms with Gasteiger partial charge in [0.15, 0.2) is 5.96 Å². The molecule has 1 saturated heterocycles. The molecule has 0 aromatic carbocycles. The van der Waals surface area contributed by atoms with Gasteiger partial charge < -0.3 is 16.0 Å². The molecule has 2 aromatic heterocycles. The minimum atomic E-state index is 0.394. The molecule has 24 heavy (non-hydrogen) atoms. The number of hydrogen-bond acceptors (Lipinski definition) is 6. The largest absolute Gasteiger partial charge is 0.370 e. The smallest absolute Gasteiger partial charge is 0.225 e. The van der Waals surface area contributed by atoms with Gasteiger partial charge in [-0.15, -0.1) is 0 Å². The normalized spacial score (nSPS) is 16.2. The summed E-state index contributed by atoms with van der Waals surface area (Å²) in [5, 5.41) is 2.98. The van der Waals surface area contributed by atoms with Gasteiger partial charge in [0.2, 0.25) is 5.95 Å². The van der Waals surface area contributed by atoms with Crippen molar-refractivity contribution in [3.63, 3.8) is 0 Å². The zero-order valence-corrected chi connectivity index (χ0v) is 13.5. The summed E-state index contributed by atoms with van der Waals surface area (Å²) < 4.78 is 0. The molecule has 8 nitrogen and oxygen atoms in total. The number of hydrogen-bond donors (Lipinski definition) is 2. The number of piperazine rings is 1. The molecule has 2 aromatic rings. The minimum absolute atomic E-state index is 0.394. The van der Waals surface area contributed by atoms with Gasteiger partial charge in [-0.25, -0.2) is 15.0 Å². The van der Waals surface area contributed by atoms with E-state index in [9.17, 15) is 0 Å². The number of pyridine rings is 1. The second-order valence-corrected chi connectivity index (χ2v) is 5.48. The topological polar surface area (TPSA) is 95.6 Å². The average Bonchev–Trinajstić information content (AvgIpc) is 2.64. The first kappa shape index (κ1) is 16.1. The zero-order valence-electron chi connectivity index (χ0n) is 13.5. The van der Waals surface area contributed by atoms with E-state index in [1.807, 2.05) is 24.3 Å². The number of aromatic nitrogens is 3. The van der Waals surface area contributed by atoms with Crippen molar-refractivity contribution >= 4 is 17.7 Å². The SMILES string of the molecule is NC(=NCCN1CCN(c2ncccn2)CC1)Nc1ccccn1. The predicted octanol–water partition coefficient (Wildman–Crippen LogP) is 0.420. The average molecular weight is 326 g/mol. The van der Waals surface area contributed by atoms with Crippen LogP contribution in [-0.4, -0.2) is 65.1 Å². The Hall–Kier alpha value is -2.74. The lowest BCUT2D eigenvalue weighted by molar-refractivity contribution is 0.264. The number of nitrogens with one attached hydrogen (secondary N) is 1. The molecule has 0 radical (unpaired) electrons. The molecule has 8 heteroatoms. The van der Waals surface area contributed by atoms with Crippen molar-refractivity contribution in [2.75, 3.05) is 49.5 Å². The standard InChI is InChI=1S/C16H22N8/c17-15(22-14-4-1-2-5-18-14)19-8-9-23-10-12-24(13-11-23)16-20-6-3-7-21-16/h1-7H,8-13H2,(H3,17,18,19,22). The first-order valence-electron chi connectivity index (χ1n) is 8.03. The van der Waals surface area contributed by atoms with Crippen LogP contribution < -0.4 is 16.0 Å². The van der Waals surface area contributed by atoms with Gasteiger partial charge in [0.05, 0.1) is 6.54 Å². The van der Waals surface area contributed by atoms with Crippen LogP contribution in [0, 0.1) is 0 Å². The summed E-state index contributed by atoms with van der Waals surface area (Å²) in [7, 11) is 0. The van der Waals surface area contributed by atoms with Crippen LogP contribution in [-0.2, 0) is 0 Å². The molecule has 1 aliphatic rings. The van der Waals surface area contributed by atoms with Crippen molar-refractivity contribution in [2.45, 2.75) is 0 Å². The molecule has 0 spiro atoms. The molecule has 0 aliphatic carbocycles. The van der Waals surface area contributed by atoms with Gasteiger partial charge in [-0.05, 0) is 18.2 Å². The third-order valence-electron chi connectivity index (χ3n) is 3.83. The Morgan fingerprint density at radius 3 is 2.50 bits per heavy atom. The molecule has 126 valence electrons. The molecule has 1 fully saturated rings. The third kappa shape index (κ3) is 4.63. The van der Waals surface area contributed by atoms with Crippen LogP contribution in [0.3, 0.4) is 0 Å². The first-order valence-corrected chi connectivity index (χ1v) is 8.03. The summed E-state index contributed by atoms with van der Waals surface area (Å²) in [6, 6.07) is 7.45. The lowest BCUT2D eigenvalue weighted by Crippen LogP contribution is -2.47. The van der Waals surface area contributed by atoms with Crippen molar-refractivity contribution in [1.82, 2.24) is 19.9 Å². The molecular formula is C16H22N8. The molecule has 0 atom stereocenters. The zero-order chi connectivity index (χ0) is 16.6. The van der Waals surface area contributed by atoms with Crippen LogP contribution in [0.4, 0.5) is 11.8 Å². The maximum absolute atomic E-state index is 5.88. The van der Waals surface area contributed by atoms with Crippen LogP contribution >= 0.6 is 0 Å². The highest BCUT2D eigenvalue weighted by molar-refractivity contribution is 5.91. The lowest BCUT2D eigenvalue weighted by Gasteiger charge is -2.34. The van der Waals surface area contributed by atoms with Crippen molar-refractivity contribution in [3.8, 4) is 0 Å². The fourth-order valence-electron chi connectivity index (χ4n) is 2.55. The van der Waals surface area contributed by atoms with Crippen LogP contribution in [0.1, 0.15) is 0 Å². The first-order chi connectivity index (χ1) is 11.8. The summed E-state index contributed by atoms with van der Waals surface area (Å²) >= 11 is 0. The van der Waals surface area contributed by atoms with Gasteiger partial charge >= 0.3 is 0 Å². The molecule has 3 heterocycles. The van der Waals surface area contributed by atoms with E-state index in [2.05, 4.69) is 35.1 Å². The molecule has 0 unspecified atom stereocenters. The summed E-state index contributed by atoms with van der Waals surface area (Å²) in [4.78, 5) is 21.7. The van der Waals surface area contributed by atoms with Gasteiger partial charge in [-0.3, -0.25) is 9.89 Å². The Morgan fingerprint density at radius 2 is 1.79 bits per heavy atom. The number of aliphatic imine (C=N–C) groups is 1. The van der Waals surface area contributed by atoms with Crippen molar-refractivity contribution in [1.29, 1.82) is 0 Å². The Bertz CT molecular complexity index is 638. The quantitative estimate of drug-likeness (QED) is 0.607. The lowest BCUT2D eigenvalue weighted by atomic mass is 10.3.